The molecule has 0 aliphatic rings. The first-order valence-electron chi connectivity index (χ1n) is 5.55. The summed E-state index contributed by atoms with van der Waals surface area (Å²) in [7, 11) is 0. The lowest BCUT2D eigenvalue weighted by molar-refractivity contribution is 0.175. The highest BCUT2D eigenvalue weighted by Crippen LogP contribution is 2.27. The van der Waals surface area contributed by atoms with Crippen LogP contribution in [0.2, 0.25) is 5.02 Å². The summed E-state index contributed by atoms with van der Waals surface area (Å²) < 4.78 is 27.9. The Balaban J connectivity index is 2.31. The van der Waals surface area contributed by atoms with Crippen LogP contribution in [0.3, 0.4) is 0 Å². The molecule has 0 fully saturated rings. The van der Waals surface area contributed by atoms with E-state index in [0.717, 1.165) is 3.57 Å². The molecule has 1 N–H and O–H groups in total. The molecule has 0 aromatic heterocycles. The van der Waals surface area contributed by atoms with Crippen LogP contribution in [-0.4, -0.2) is 5.11 Å². The van der Waals surface area contributed by atoms with Gasteiger partial charge in [0.15, 0.2) is 0 Å². The van der Waals surface area contributed by atoms with Gasteiger partial charge in [0.05, 0.1) is 6.10 Å². The zero-order chi connectivity index (χ0) is 14.0. The lowest BCUT2D eigenvalue weighted by Crippen LogP contribution is -2.07. The Morgan fingerprint density at radius 3 is 2.42 bits per heavy atom. The fourth-order valence-electron chi connectivity index (χ4n) is 1.80. The van der Waals surface area contributed by atoms with Crippen molar-refractivity contribution in [3.63, 3.8) is 0 Å². The van der Waals surface area contributed by atoms with Gasteiger partial charge < -0.3 is 5.11 Å². The Labute approximate surface area is 128 Å². The zero-order valence-corrected chi connectivity index (χ0v) is 12.6. The number of aliphatic hydroxyl groups is 1. The molecule has 0 aliphatic carbocycles. The van der Waals surface area contributed by atoms with E-state index in [1.165, 1.54) is 18.2 Å². The molecule has 0 aliphatic heterocycles. The Morgan fingerprint density at radius 2 is 1.79 bits per heavy atom. The van der Waals surface area contributed by atoms with Gasteiger partial charge in [-0.3, -0.25) is 0 Å². The molecule has 1 nitrogen and oxygen atoms in total. The van der Waals surface area contributed by atoms with Crippen molar-refractivity contribution < 1.29 is 13.9 Å². The molecular weight excluding hydrogens is 385 g/mol. The maximum absolute atomic E-state index is 13.5. The van der Waals surface area contributed by atoms with Crippen LogP contribution in [-0.2, 0) is 6.42 Å². The third-order valence-electron chi connectivity index (χ3n) is 2.78. The van der Waals surface area contributed by atoms with Crippen molar-refractivity contribution in [2.75, 3.05) is 0 Å². The number of aliphatic hydroxyl groups excluding tert-OH is 1. The molecule has 1 atom stereocenters. The van der Waals surface area contributed by atoms with Gasteiger partial charge in [-0.2, -0.15) is 0 Å². The van der Waals surface area contributed by atoms with Gasteiger partial charge in [0.1, 0.15) is 11.6 Å². The van der Waals surface area contributed by atoms with E-state index in [2.05, 4.69) is 0 Å². The highest BCUT2D eigenvalue weighted by atomic mass is 127. The van der Waals surface area contributed by atoms with Crippen molar-refractivity contribution in [3.8, 4) is 0 Å². The average molecular weight is 395 g/mol. The normalized spacial score (nSPS) is 12.5. The second-order valence-electron chi connectivity index (χ2n) is 4.09. The van der Waals surface area contributed by atoms with Crippen LogP contribution in [0.15, 0.2) is 36.4 Å². The summed E-state index contributed by atoms with van der Waals surface area (Å²) in [6.07, 6.45) is -1.13. The van der Waals surface area contributed by atoms with Gasteiger partial charge in [-0.15, -0.1) is 0 Å². The third kappa shape index (κ3) is 3.43. The minimum Gasteiger partial charge on any atom is -0.388 e. The van der Waals surface area contributed by atoms with Gasteiger partial charge in [-0.25, -0.2) is 8.78 Å². The van der Waals surface area contributed by atoms with Crippen molar-refractivity contribution in [1.82, 2.24) is 0 Å². The molecule has 0 radical (unpaired) electrons. The lowest BCUT2D eigenvalue weighted by atomic mass is 10.0. The van der Waals surface area contributed by atoms with Crippen LogP contribution in [0.1, 0.15) is 17.2 Å². The Morgan fingerprint density at radius 1 is 1.16 bits per heavy atom. The molecule has 2 rings (SSSR count). The number of halogens is 4. The molecule has 2 aromatic carbocycles. The molecule has 0 spiro atoms. The molecule has 0 saturated heterocycles. The fraction of sp³-hybridized carbons (Fsp3) is 0.143. The largest absolute Gasteiger partial charge is 0.388 e. The maximum atomic E-state index is 13.5. The summed E-state index contributed by atoms with van der Waals surface area (Å²) in [4.78, 5) is 0. The van der Waals surface area contributed by atoms with E-state index in [-0.39, 0.29) is 12.0 Å². The molecule has 19 heavy (non-hydrogen) atoms. The quantitative estimate of drug-likeness (QED) is 0.760. The topological polar surface area (TPSA) is 20.2 Å². The smallest absolute Gasteiger partial charge is 0.129 e. The van der Waals surface area contributed by atoms with Gasteiger partial charge in [0.2, 0.25) is 0 Å². The second-order valence-corrected chi connectivity index (χ2v) is 5.68. The van der Waals surface area contributed by atoms with Gasteiger partial charge in [-0.1, -0.05) is 17.7 Å². The monoisotopic (exact) mass is 394 g/mol. The van der Waals surface area contributed by atoms with Crippen LogP contribution in [0.25, 0.3) is 0 Å². The van der Waals surface area contributed by atoms with Crippen LogP contribution in [0.4, 0.5) is 8.78 Å². The van der Waals surface area contributed by atoms with E-state index in [4.69, 9.17) is 11.6 Å². The minimum absolute atomic E-state index is 0.120. The van der Waals surface area contributed by atoms with Crippen LogP contribution >= 0.6 is 34.2 Å². The molecule has 0 heterocycles. The van der Waals surface area contributed by atoms with Crippen molar-refractivity contribution in [1.29, 1.82) is 0 Å². The number of benzene rings is 2. The highest BCUT2D eigenvalue weighted by molar-refractivity contribution is 14.1. The average Bonchev–Trinajstić information content (AvgIpc) is 2.37. The standard InChI is InChI=1S/C14H10ClF2IO/c15-8-4-5-13(18)10(6-8)14(19)7-9-11(16)2-1-3-12(9)17/h1-6,14,19H,7H2. The fourth-order valence-corrected chi connectivity index (χ4v) is 2.68. The summed E-state index contributed by atoms with van der Waals surface area (Å²) in [5.74, 6) is -1.31. The first-order chi connectivity index (χ1) is 8.99. The summed E-state index contributed by atoms with van der Waals surface area (Å²) in [5, 5.41) is 10.6. The van der Waals surface area contributed by atoms with Crippen molar-refractivity contribution in [2.24, 2.45) is 0 Å². The molecule has 0 bridgehead atoms. The van der Waals surface area contributed by atoms with Crippen molar-refractivity contribution >= 4 is 34.2 Å². The van der Waals surface area contributed by atoms with Crippen molar-refractivity contribution in [3.05, 3.63) is 67.8 Å². The lowest BCUT2D eigenvalue weighted by Gasteiger charge is -2.14. The molecule has 5 heteroatoms. The predicted molar refractivity (Wildman–Crippen MR) is 79.2 cm³/mol. The maximum Gasteiger partial charge on any atom is 0.129 e. The summed E-state index contributed by atoms with van der Waals surface area (Å²) >= 11 is 7.91. The molecule has 100 valence electrons. The van der Waals surface area contributed by atoms with E-state index in [9.17, 15) is 13.9 Å². The number of hydrogen-bond acceptors (Lipinski definition) is 1. The number of hydrogen-bond donors (Lipinski definition) is 1. The summed E-state index contributed by atoms with van der Waals surface area (Å²) in [5.41, 5.74) is 0.446. The zero-order valence-electron chi connectivity index (χ0n) is 9.71. The van der Waals surface area contributed by atoms with Gasteiger partial charge >= 0.3 is 0 Å². The summed E-state index contributed by atoms with van der Waals surface area (Å²) in [6, 6.07) is 8.70. The molecule has 0 saturated carbocycles. The van der Waals surface area contributed by atoms with Gasteiger partial charge in [0.25, 0.3) is 0 Å². The van der Waals surface area contributed by atoms with Gasteiger partial charge in [-0.05, 0) is 58.5 Å². The highest BCUT2D eigenvalue weighted by Gasteiger charge is 2.17. The molecular formula is C14H10ClF2IO. The van der Waals surface area contributed by atoms with Crippen molar-refractivity contribution in [2.45, 2.75) is 12.5 Å². The Bertz CT molecular complexity index is 584. The van der Waals surface area contributed by atoms with Crippen LogP contribution in [0, 0.1) is 15.2 Å². The first-order valence-corrected chi connectivity index (χ1v) is 7.00. The van der Waals surface area contributed by atoms with E-state index >= 15 is 0 Å². The van der Waals surface area contributed by atoms with E-state index in [0.29, 0.717) is 10.6 Å². The molecule has 2 aromatic rings. The SMILES string of the molecule is OC(Cc1c(F)cccc1F)c1cc(Cl)ccc1I. The molecule has 0 amide bonds. The first kappa shape index (κ1) is 14.7. The Hall–Kier alpha value is -0.720. The Kier molecular flexibility index (Phi) is 4.76. The van der Waals surface area contributed by atoms with E-state index in [1.54, 1.807) is 18.2 Å². The molecule has 1 unspecified atom stereocenters. The van der Waals surface area contributed by atoms with E-state index in [1.807, 2.05) is 22.6 Å². The predicted octanol–water partition coefficient (Wildman–Crippen LogP) is 4.50. The van der Waals surface area contributed by atoms with E-state index < -0.39 is 17.7 Å². The van der Waals surface area contributed by atoms with Crippen LogP contribution < -0.4 is 0 Å². The minimum atomic E-state index is -1.00. The second kappa shape index (κ2) is 6.15. The van der Waals surface area contributed by atoms with Gasteiger partial charge in [0, 0.05) is 20.6 Å². The summed E-state index contributed by atoms with van der Waals surface area (Å²) in [6.45, 7) is 0. The number of rotatable bonds is 3. The third-order valence-corrected chi connectivity index (χ3v) is 3.99. The van der Waals surface area contributed by atoms with Crippen LogP contribution in [0.5, 0.6) is 0 Å².